The number of phosphoric ester groups is 1. The molecule has 2 unspecified atom stereocenters. The Morgan fingerprint density at radius 3 is 2.82 bits per heavy atom. The van der Waals surface area contributed by atoms with Crippen LogP contribution in [0.4, 0.5) is 10.2 Å². The maximum Gasteiger partial charge on any atom is 0.472 e. The summed E-state index contributed by atoms with van der Waals surface area (Å²) in [6.07, 6.45) is -1.55. The van der Waals surface area contributed by atoms with Crippen LogP contribution in [0.5, 0.6) is 0 Å². The van der Waals surface area contributed by atoms with Gasteiger partial charge in [0.1, 0.15) is 17.3 Å². The lowest BCUT2D eigenvalue weighted by atomic mass is 10.1. The maximum atomic E-state index is 14.8. The minimum absolute atomic E-state index is 0.0327. The van der Waals surface area contributed by atoms with E-state index < -0.39 is 42.3 Å². The molecule has 1 aromatic heterocycles. The van der Waals surface area contributed by atoms with E-state index in [1.807, 2.05) is 0 Å². The molecule has 2 fully saturated rings. The molecule has 2 aromatic rings. The van der Waals surface area contributed by atoms with Crippen molar-refractivity contribution in [1.82, 2.24) is 9.55 Å². The number of hydrogen-bond acceptors (Lipinski definition) is 7. The topological polar surface area (TPSA) is 120 Å². The van der Waals surface area contributed by atoms with Crippen molar-refractivity contribution in [3.05, 3.63) is 58.6 Å². The van der Waals surface area contributed by atoms with Gasteiger partial charge in [0.25, 0.3) is 5.91 Å². The lowest BCUT2D eigenvalue weighted by molar-refractivity contribution is 0.0131. The van der Waals surface area contributed by atoms with Gasteiger partial charge in [0.15, 0.2) is 6.17 Å². The zero-order valence-corrected chi connectivity index (χ0v) is 15.9. The number of rotatable bonds is 3. The first-order valence-electron chi connectivity index (χ1n) is 8.25. The summed E-state index contributed by atoms with van der Waals surface area (Å²) in [6.45, 7) is -0.159. The molecule has 0 aliphatic carbocycles. The number of carbonyl (C=O) groups is 1. The van der Waals surface area contributed by atoms with Crippen LogP contribution in [0.3, 0.4) is 0 Å². The summed E-state index contributed by atoms with van der Waals surface area (Å²) in [4.78, 5) is 37.7. The van der Waals surface area contributed by atoms with E-state index in [4.69, 9.17) is 9.05 Å². The van der Waals surface area contributed by atoms with E-state index >= 15 is 0 Å². The summed E-state index contributed by atoms with van der Waals surface area (Å²) in [7, 11) is -4.28. The number of benzene rings is 1. The summed E-state index contributed by atoms with van der Waals surface area (Å²) in [5.41, 5.74) is -0.365. The number of anilines is 1. The summed E-state index contributed by atoms with van der Waals surface area (Å²) >= 11 is 1.07. The Morgan fingerprint density at radius 1 is 1.36 bits per heavy atom. The lowest BCUT2D eigenvalue weighted by Gasteiger charge is -2.28. The van der Waals surface area contributed by atoms with Crippen LogP contribution in [0, 0.1) is 0 Å². The van der Waals surface area contributed by atoms with Gasteiger partial charge in [0.2, 0.25) is 0 Å². The van der Waals surface area contributed by atoms with Crippen LogP contribution >= 0.6 is 19.6 Å². The first-order valence-corrected chi connectivity index (χ1v) is 10.7. The van der Waals surface area contributed by atoms with Gasteiger partial charge in [-0.3, -0.25) is 18.4 Å². The fraction of sp³-hybridized carbons (Fsp3) is 0.312. The molecule has 148 valence electrons. The van der Waals surface area contributed by atoms with E-state index in [0.717, 1.165) is 16.3 Å². The number of thioether (sulfide) groups is 1. The molecule has 9 nitrogen and oxygen atoms in total. The average Bonchev–Trinajstić information content (AvgIpc) is 2.97. The SMILES string of the molecule is O=C(Nc1ccn([C@@H]2SC3COP(=O)(O)O[C@H]3[C@@H]2F)c(=O)n1)c1ccccc1. The molecule has 2 N–H and O–H groups in total. The van der Waals surface area contributed by atoms with E-state index in [1.165, 1.54) is 12.3 Å². The first kappa shape index (κ1) is 19.3. The van der Waals surface area contributed by atoms with Crippen LogP contribution in [0.1, 0.15) is 15.7 Å². The second kappa shape index (κ2) is 7.41. The molecule has 2 aliphatic rings. The van der Waals surface area contributed by atoms with E-state index in [-0.39, 0.29) is 12.4 Å². The molecule has 1 aromatic carbocycles. The Labute approximate surface area is 162 Å². The van der Waals surface area contributed by atoms with Crippen LogP contribution in [-0.2, 0) is 13.6 Å². The lowest BCUT2D eigenvalue weighted by Crippen LogP contribution is -2.37. The molecule has 28 heavy (non-hydrogen) atoms. The molecule has 0 spiro atoms. The third-order valence-corrected chi connectivity index (χ3v) is 6.81. The molecule has 2 aliphatic heterocycles. The summed E-state index contributed by atoms with van der Waals surface area (Å²) in [5, 5.41) is 0.991. The Hall–Kier alpha value is -2.04. The standard InChI is InChI=1S/C16H15FN3O6PS/c17-12-13-10(8-25-27(23,24)26-13)28-15(12)20-7-6-11(19-16(20)22)18-14(21)9-4-2-1-3-5-9/h1-7,10,12-13,15H,8H2,(H,23,24)(H,18,19,21,22)/t10?,12-,13+,15+/m0/s1. The number of nitrogens with one attached hydrogen (secondary N) is 1. The van der Waals surface area contributed by atoms with Gasteiger partial charge < -0.3 is 10.2 Å². The molecule has 3 heterocycles. The normalized spacial score (nSPS) is 31.9. The number of hydrogen-bond donors (Lipinski definition) is 2. The number of alkyl halides is 1. The molecule has 2 saturated heterocycles. The molecule has 4 rings (SSSR count). The van der Waals surface area contributed by atoms with Crippen LogP contribution in [0.25, 0.3) is 0 Å². The Kier molecular flexibility index (Phi) is 5.11. The van der Waals surface area contributed by atoms with Crippen molar-refractivity contribution in [1.29, 1.82) is 0 Å². The summed E-state index contributed by atoms with van der Waals surface area (Å²) < 4.78 is 36.9. The van der Waals surface area contributed by atoms with E-state index in [2.05, 4.69) is 10.3 Å². The van der Waals surface area contributed by atoms with Gasteiger partial charge in [-0.25, -0.2) is 13.8 Å². The highest BCUT2D eigenvalue weighted by molar-refractivity contribution is 8.00. The van der Waals surface area contributed by atoms with Crippen molar-refractivity contribution in [3.8, 4) is 0 Å². The predicted octanol–water partition coefficient (Wildman–Crippen LogP) is 1.96. The second-order valence-electron chi connectivity index (χ2n) is 6.17. The molecule has 0 bridgehead atoms. The van der Waals surface area contributed by atoms with Gasteiger partial charge in [-0.05, 0) is 18.2 Å². The van der Waals surface area contributed by atoms with E-state index in [9.17, 15) is 23.4 Å². The molecular weight excluding hydrogens is 412 g/mol. The van der Waals surface area contributed by atoms with Crippen LogP contribution in [-0.4, -0.2) is 44.5 Å². The summed E-state index contributed by atoms with van der Waals surface area (Å²) in [5.74, 6) is -0.399. The van der Waals surface area contributed by atoms with Crippen molar-refractivity contribution >= 4 is 31.3 Å². The van der Waals surface area contributed by atoms with Crippen LogP contribution in [0.2, 0.25) is 0 Å². The average molecular weight is 427 g/mol. The van der Waals surface area contributed by atoms with E-state index in [1.54, 1.807) is 30.3 Å². The maximum absolute atomic E-state index is 14.8. The minimum Gasteiger partial charge on any atom is -0.306 e. The quantitative estimate of drug-likeness (QED) is 0.714. The smallest absolute Gasteiger partial charge is 0.306 e. The van der Waals surface area contributed by atoms with Crippen molar-refractivity contribution in [3.63, 3.8) is 0 Å². The highest BCUT2D eigenvalue weighted by Crippen LogP contribution is 2.57. The van der Waals surface area contributed by atoms with Crippen molar-refractivity contribution in [2.75, 3.05) is 11.9 Å². The molecule has 5 atom stereocenters. The van der Waals surface area contributed by atoms with Crippen LogP contribution < -0.4 is 11.0 Å². The van der Waals surface area contributed by atoms with Gasteiger partial charge in [-0.15, -0.1) is 11.8 Å². The van der Waals surface area contributed by atoms with Gasteiger partial charge in [-0.1, -0.05) is 18.2 Å². The number of halogens is 1. The molecule has 0 saturated carbocycles. The van der Waals surface area contributed by atoms with Gasteiger partial charge in [0, 0.05) is 11.8 Å². The molecule has 0 radical (unpaired) electrons. The van der Waals surface area contributed by atoms with Crippen molar-refractivity contribution in [2.24, 2.45) is 0 Å². The number of amides is 1. The Balaban J connectivity index is 1.52. The Morgan fingerprint density at radius 2 is 2.11 bits per heavy atom. The third kappa shape index (κ3) is 3.76. The largest absolute Gasteiger partial charge is 0.472 e. The number of carbonyl (C=O) groups excluding carboxylic acids is 1. The number of fused-ring (bicyclic) bond motifs is 1. The number of phosphoric acid groups is 1. The highest BCUT2D eigenvalue weighted by Gasteiger charge is 2.53. The van der Waals surface area contributed by atoms with Crippen molar-refractivity contribution in [2.45, 2.75) is 22.9 Å². The first-order chi connectivity index (χ1) is 13.3. The van der Waals surface area contributed by atoms with E-state index in [0.29, 0.717) is 5.56 Å². The monoisotopic (exact) mass is 427 g/mol. The predicted molar refractivity (Wildman–Crippen MR) is 98.9 cm³/mol. The number of aromatic nitrogens is 2. The fourth-order valence-corrected chi connectivity index (χ4v) is 5.61. The Bertz CT molecular complexity index is 1010. The summed E-state index contributed by atoms with van der Waals surface area (Å²) in [6, 6.07) is 9.79. The van der Waals surface area contributed by atoms with Crippen molar-refractivity contribution < 1.29 is 27.7 Å². The molecule has 1 amide bonds. The number of nitrogens with zero attached hydrogens (tertiary/aromatic N) is 2. The van der Waals surface area contributed by atoms with Gasteiger partial charge in [-0.2, -0.15) is 4.98 Å². The minimum atomic E-state index is -4.28. The highest BCUT2D eigenvalue weighted by atomic mass is 32.2. The molecular formula is C16H15FN3O6PS. The second-order valence-corrected chi connectivity index (χ2v) is 8.93. The molecule has 12 heteroatoms. The fourth-order valence-electron chi connectivity index (χ4n) is 2.98. The van der Waals surface area contributed by atoms with Gasteiger partial charge >= 0.3 is 13.5 Å². The zero-order chi connectivity index (χ0) is 19.9. The zero-order valence-electron chi connectivity index (χ0n) is 14.2. The van der Waals surface area contributed by atoms with Gasteiger partial charge in [0.05, 0.1) is 11.9 Å². The van der Waals surface area contributed by atoms with Crippen LogP contribution in [0.15, 0.2) is 47.4 Å². The third-order valence-electron chi connectivity index (χ3n) is 4.31.